The Morgan fingerprint density at radius 3 is 2.57 bits per heavy atom. The molecule has 1 aromatic heterocycles. The first kappa shape index (κ1) is 16.2. The van der Waals surface area contributed by atoms with Gasteiger partial charge in [-0.25, -0.2) is 9.97 Å². The molecule has 2 rings (SSSR count). The zero-order chi connectivity index (χ0) is 15.6. The molecule has 6 heteroatoms. The van der Waals surface area contributed by atoms with Gasteiger partial charge in [0.05, 0.1) is 0 Å². The first-order chi connectivity index (χ1) is 9.84. The molecule has 0 amide bonds. The number of carbonyl (C=O) groups is 1. The molecular weight excluding hydrogens is 286 g/mol. The highest BCUT2D eigenvalue weighted by atomic mass is 32.2. The number of aliphatic carboxylic acids is 1. The molecule has 1 aliphatic rings. The number of rotatable bonds is 5. The number of carboxylic acid groups (broad SMARTS) is 1. The largest absolute Gasteiger partial charge is 0.480 e. The van der Waals surface area contributed by atoms with E-state index in [-0.39, 0.29) is 5.92 Å². The maximum absolute atomic E-state index is 11.3. The van der Waals surface area contributed by atoms with Crippen molar-refractivity contribution < 1.29 is 9.90 Å². The van der Waals surface area contributed by atoms with Crippen LogP contribution in [-0.4, -0.2) is 32.3 Å². The highest BCUT2D eigenvalue weighted by Gasteiger charge is 2.45. The molecule has 0 aliphatic heterocycles. The van der Waals surface area contributed by atoms with Gasteiger partial charge in [-0.1, -0.05) is 18.2 Å². The lowest BCUT2D eigenvalue weighted by Crippen LogP contribution is -2.51. The smallest absolute Gasteiger partial charge is 0.323 e. The van der Waals surface area contributed by atoms with E-state index in [0.29, 0.717) is 6.42 Å². The Morgan fingerprint density at radius 1 is 1.38 bits per heavy atom. The fourth-order valence-electron chi connectivity index (χ4n) is 2.88. The normalized spacial score (nSPS) is 25.2. The van der Waals surface area contributed by atoms with Crippen LogP contribution in [0.2, 0.25) is 0 Å². The molecule has 1 aromatic rings. The molecule has 1 aliphatic carbocycles. The monoisotopic (exact) mass is 309 g/mol. The standard InChI is InChI=1S/C15H23N3O2S/c1-9-10(2)17-14(18-11(9)3)21-8-6-12-5-4-7-15(12,16)13(19)20/h12H,4-8,16H2,1-3H3,(H,19,20). The molecule has 1 heterocycles. The van der Waals surface area contributed by atoms with E-state index in [1.54, 1.807) is 11.8 Å². The summed E-state index contributed by atoms with van der Waals surface area (Å²) in [5.41, 5.74) is 8.15. The van der Waals surface area contributed by atoms with Gasteiger partial charge in [0.25, 0.3) is 0 Å². The summed E-state index contributed by atoms with van der Waals surface area (Å²) in [5, 5.41) is 10.1. The molecule has 1 fully saturated rings. The number of thioether (sulfide) groups is 1. The Hall–Kier alpha value is -1.14. The van der Waals surface area contributed by atoms with Crippen LogP contribution in [0.1, 0.15) is 42.6 Å². The molecule has 2 atom stereocenters. The SMILES string of the molecule is Cc1nc(SCCC2CCCC2(N)C(=O)O)nc(C)c1C. The summed E-state index contributed by atoms with van der Waals surface area (Å²) in [6.07, 6.45) is 3.17. The number of nitrogens with zero attached hydrogens (tertiary/aromatic N) is 2. The van der Waals surface area contributed by atoms with E-state index in [1.807, 2.05) is 20.8 Å². The zero-order valence-corrected chi connectivity index (χ0v) is 13.7. The van der Waals surface area contributed by atoms with Crippen LogP contribution in [-0.2, 0) is 4.79 Å². The molecule has 116 valence electrons. The minimum atomic E-state index is -1.04. The van der Waals surface area contributed by atoms with Crippen molar-refractivity contribution >= 4 is 17.7 Å². The maximum atomic E-state index is 11.3. The summed E-state index contributed by atoms with van der Waals surface area (Å²) < 4.78 is 0. The van der Waals surface area contributed by atoms with Crippen LogP contribution in [0.15, 0.2) is 5.16 Å². The van der Waals surface area contributed by atoms with Crippen molar-refractivity contribution in [2.24, 2.45) is 11.7 Å². The number of hydrogen-bond donors (Lipinski definition) is 2. The Kier molecular flexibility index (Phi) is 4.88. The molecular formula is C15H23N3O2S. The van der Waals surface area contributed by atoms with Crippen LogP contribution < -0.4 is 5.73 Å². The van der Waals surface area contributed by atoms with Gasteiger partial charge in [-0.15, -0.1) is 0 Å². The summed E-state index contributed by atoms with van der Waals surface area (Å²) in [7, 11) is 0. The van der Waals surface area contributed by atoms with Crippen LogP contribution in [0.5, 0.6) is 0 Å². The third kappa shape index (κ3) is 3.37. The molecule has 0 spiro atoms. The lowest BCUT2D eigenvalue weighted by Gasteiger charge is -2.26. The van der Waals surface area contributed by atoms with Crippen LogP contribution in [0.3, 0.4) is 0 Å². The molecule has 0 saturated heterocycles. The van der Waals surface area contributed by atoms with Crippen LogP contribution >= 0.6 is 11.8 Å². The number of aryl methyl sites for hydroxylation is 2. The second-order valence-corrected chi connectivity index (χ2v) is 6.94. The van der Waals surface area contributed by atoms with E-state index in [0.717, 1.165) is 47.1 Å². The number of hydrogen-bond acceptors (Lipinski definition) is 5. The Balaban J connectivity index is 1.94. The van der Waals surface area contributed by atoms with Crippen molar-refractivity contribution in [2.75, 3.05) is 5.75 Å². The Labute approximate surface area is 129 Å². The van der Waals surface area contributed by atoms with E-state index >= 15 is 0 Å². The summed E-state index contributed by atoms with van der Waals surface area (Å²) in [6, 6.07) is 0. The third-order valence-electron chi connectivity index (χ3n) is 4.58. The van der Waals surface area contributed by atoms with Gasteiger partial charge >= 0.3 is 5.97 Å². The van der Waals surface area contributed by atoms with E-state index in [2.05, 4.69) is 9.97 Å². The van der Waals surface area contributed by atoms with Gasteiger partial charge in [0.15, 0.2) is 5.16 Å². The fraction of sp³-hybridized carbons (Fsp3) is 0.667. The zero-order valence-electron chi connectivity index (χ0n) is 12.8. The molecule has 3 N–H and O–H groups in total. The Bertz CT molecular complexity index is 527. The van der Waals surface area contributed by atoms with Crippen molar-refractivity contribution in [3.8, 4) is 0 Å². The highest BCUT2D eigenvalue weighted by Crippen LogP contribution is 2.37. The molecule has 5 nitrogen and oxygen atoms in total. The predicted molar refractivity (Wildman–Crippen MR) is 83.5 cm³/mol. The van der Waals surface area contributed by atoms with Gasteiger partial charge < -0.3 is 10.8 Å². The quantitative estimate of drug-likeness (QED) is 0.641. The van der Waals surface area contributed by atoms with E-state index in [4.69, 9.17) is 5.73 Å². The summed E-state index contributed by atoms with van der Waals surface area (Å²) in [5.74, 6) is -0.0119. The average Bonchev–Trinajstić information content (AvgIpc) is 2.79. The van der Waals surface area contributed by atoms with Gasteiger partial charge in [0.2, 0.25) is 0 Å². The van der Waals surface area contributed by atoms with Gasteiger partial charge in [0.1, 0.15) is 5.54 Å². The van der Waals surface area contributed by atoms with E-state index < -0.39 is 11.5 Å². The molecule has 1 saturated carbocycles. The van der Waals surface area contributed by atoms with E-state index in [1.165, 1.54) is 0 Å². The van der Waals surface area contributed by atoms with Gasteiger partial charge in [-0.05, 0) is 51.5 Å². The Morgan fingerprint density at radius 2 is 2.00 bits per heavy atom. The minimum Gasteiger partial charge on any atom is -0.480 e. The first-order valence-corrected chi connectivity index (χ1v) is 8.30. The van der Waals surface area contributed by atoms with E-state index in [9.17, 15) is 9.90 Å². The summed E-state index contributed by atoms with van der Waals surface area (Å²) in [6.45, 7) is 5.99. The average molecular weight is 309 g/mol. The fourth-order valence-corrected chi connectivity index (χ4v) is 3.87. The molecule has 21 heavy (non-hydrogen) atoms. The molecule has 2 unspecified atom stereocenters. The minimum absolute atomic E-state index is 0.0511. The van der Waals surface area contributed by atoms with Crippen molar-refractivity contribution in [3.63, 3.8) is 0 Å². The number of nitrogens with two attached hydrogens (primary N) is 1. The van der Waals surface area contributed by atoms with Crippen molar-refractivity contribution in [3.05, 3.63) is 17.0 Å². The van der Waals surface area contributed by atoms with Crippen LogP contribution in [0.4, 0.5) is 0 Å². The molecule has 0 radical (unpaired) electrons. The number of aromatic nitrogens is 2. The second-order valence-electron chi connectivity index (χ2n) is 5.87. The first-order valence-electron chi connectivity index (χ1n) is 7.31. The van der Waals surface area contributed by atoms with Gasteiger partial charge in [-0.3, -0.25) is 4.79 Å². The molecule has 0 aromatic carbocycles. The number of carboxylic acids is 1. The lowest BCUT2D eigenvalue weighted by atomic mass is 9.86. The maximum Gasteiger partial charge on any atom is 0.323 e. The third-order valence-corrected chi connectivity index (χ3v) is 5.46. The van der Waals surface area contributed by atoms with Gasteiger partial charge in [0, 0.05) is 17.1 Å². The topological polar surface area (TPSA) is 89.1 Å². The molecule has 0 bridgehead atoms. The second kappa shape index (κ2) is 6.32. The van der Waals surface area contributed by atoms with Gasteiger partial charge in [-0.2, -0.15) is 0 Å². The van der Waals surface area contributed by atoms with Crippen molar-refractivity contribution in [2.45, 2.75) is 57.1 Å². The summed E-state index contributed by atoms with van der Waals surface area (Å²) in [4.78, 5) is 20.3. The summed E-state index contributed by atoms with van der Waals surface area (Å²) >= 11 is 1.59. The van der Waals surface area contributed by atoms with Crippen LogP contribution in [0.25, 0.3) is 0 Å². The predicted octanol–water partition coefficient (Wildman–Crippen LogP) is 2.47. The van der Waals surface area contributed by atoms with Crippen LogP contribution in [0, 0.1) is 26.7 Å². The lowest BCUT2D eigenvalue weighted by molar-refractivity contribution is -0.144. The van der Waals surface area contributed by atoms with Crippen molar-refractivity contribution in [1.82, 2.24) is 9.97 Å². The highest BCUT2D eigenvalue weighted by molar-refractivity contribution is 7.99. The van der Waals surface area contributed by atoms with Crippen molar-refractivity contribution in [1.29, 1.82) is 0 Å².